The smallest absolute Gasteiger partial charge is 0.119 e. The van der Waals surface area contributed by atoms with Crippen LogP contribution in [0.2, 0.25) is 0 Å². The van der Waals surface area contributed by atoms with Crippen molar-refractivity contribution in [3.63, 3.8) is 0 Å². The summed E-state index contributed by atoms with van der Waals surface area (Å²) in [5, 5.41) is 0. The first kappa shape index (κ1) is 18.4. The summed E-state index contributed by atoms with van der Waals surface area (Å²) in [4.78, 5) is 0. The Balaban J connectivity index is 1.63. The molecule has 2 rings (SSSR count). The lowest BCUT2D eigenvalue weighted by molar-refractivity contribution is 0.172. The van der Waals surface area contributed by atoms with Crippen LogP contribution in [-0.4, -0.2) is 12.7 Å². The number of unbranched alkanes of at least 4 members (excludes halogenated alkanes) is 3. The van der Waals surface area contributed by atoms with Gasteiger partial charge in [0.25, 0.3) is 0 Å². The summed E-state index contributed by atoms with van der Waals surface area (Å²) in [7, 11) is 0. The third-order valence-corrected chi connectivity index (χ3v) is 4.11. The second-order valence-electron chi connectivity index (χ2n) is 6.21. The van der Waals surface area contributed by atoms with Gasteiger partial charge in [0.15, 0.2) is 0 Å². The molecule has 0 saturated heterocycles. The molecule has 0 aliphatic carbocycles. The second-order valence-corrected chi connectivity index (χ2v) is 6.21. The number of hydrogen-bond donors (Lipinski definition) is 0. The quantitative estimate of drug-likeness (QED) is 0.428. The van der Waals surface area contributed by atoms with Crippen LogP contribution >= 0.6 is 0 Å². The van der Waals surface area contributed by atoms with Crippen molar-refractivity contribution in [1.29, 1.82) is 0 Å². The zero-order valence-corrected chi connectivity index (χ0v) is 14.8. The van der Waals surface area contributed by atoms with Crippen LogP contribution in [0.3, 0.4) is 0 Å². The molecule has 0 N–H and O–H groups in total. The van der Waals surface area contributed by atoms with Crippen molar-refractivity contribution >= 4 is 0 Å². The Morgan fingerprint density at radius 2 is 1.33 bits per heavy atom. The molecule has 0 aromatic heterocycles. The summed E-state index contributed by atoms with van der Waals surface area (Å²) in [6, 6.07) is 20.2. The Morgan fingerprint density at radius 3 is 2.00 bits per heavy atom. The summed E-state index contributed by atoms with van der Waals surface area (Å²) in [6.45, 7) is 3.03. The molecule has 2 aromatic rings. The Morgan fingerprint density at radius 1 is 0.708 bits per heavy atom. The highest BCUT2D eigenvalue weighted by molar-refractivity contribution is 5.21. The van der Waals surface area contributed by atoms with Gasteiger partial charge in [0.1, 0.15) is 11.5 Å². The maximum atomic E-state index is 6.16. The molecule has 2 nitrogen and oxygen atoms in total. The molecule has 0 heterocycles. The van der Waals surface area contributed by atoms with Gasteiger partial charge in [0.05, 0.1) is 12.7 Å². The first-order valence-electron chi connectivity index (χ1n) is 9.28. The fourth-order valence-corrected chi connectivity index (χ4v) is 2.74. The average Bonchev–Trinajstić information content (AvgIpc) is 2.64. The van der Waals surface area contributed by atoms with Crippen LogP contribution in [0.25, 0.3) is 0 Å². The van der Waals surface area contributed by atoms with E-state index in [1.165, 1.54) is 25.7 Å². The van der Waals surface area contributed by atoms with Crippen molar-refractivity contribution in [2.24, 2.45) is 0 Å². The molecule has 1 atom stereocenters. The van der Waals surface area contributed by atoms with Gasteiger partial charge in [0.2, 0.25) is 0 Å². The minimum Gasteiger partial charge on any atom is -0.494 e. The first-order chi connectivity index (χ1) is 11.9. The van der Waals surface area contributed by atoms with E-state index in [2.05, 4.69) is 6.92 Å². The first-order valence-corrected chi connectivity index (χ1v) is 9.28. The van der Waals surface area contributed by atoms with Gasteiger partial charge in [-0.2, -0.15) is 0 Å². The van der Waals surface area contributed by atoms with Gasteiger partial charge < -0.3 is 9.47 Å². The maximum absolute atomic E-state index is 6.16. The third kappa shape index (κ3) is 7.54. The maximum Gasteiger partial charge on any atom is 0.119 e. The van der Waals surface area contributed by atoms with E-state index < -0.39 is 0 Å². The summed E-state index contributed by atoms with van der Waals surface area (Å²) in [5.41, 5.74) is 0. The van der Waals surface area contributed by atoms with E-state index in [-0.39, 0.29) is 0 Å². The molecule has 2 heteroatoms. The molecular formula is C22H30O2. The zero-order valence-electron chi connectivity index (χ0n) is 14.8. The minimum atomic E-state index is 0.336. The fourth-order valence-electron chi connectivity index (χ4n) is 2.74. The fraction of sp³-hybridized carbons (Fsp3) is 0.455. The molecule has 0 fully saturated rings. The molecule has 24 heavy (non-hydrogen) atoms. The summed E-state index contributed by atoms with van der Waals surface area (Å²) in [5.74, 6) is 1.96. The number of para-hydroxylation sites is 2. The number of rotatable bonds is 12. The highest BCUT2D eigenvalue weighted by atomic mass is 16.5. The molecule has 0 radical (unpaired) electrons. The number of ether oxygens (including phenoxy) is 2. The highest BCUT2D eigenvalue weighted by Crippen LogP contribution is 2.18. The lowest BCUT2D eigenvalue weighted by atomic mass is 10.1. The van der Waals surface area contributed by atoms with Crippen LogP contribution in [0.1, 0.15) is 51.9 Å². The van der Waals surface area contributed by atoms with E-state index in [1.807, 2.05) is 60.7 Å². The van der Waals surface area contributed by atoms with E-state index in [0.29, 0.717) is 6.10 Å². The Hall–Kier alpha value is -1.96. The van der Waals surface area contributed by atoms with Gasteiger partial charge >= 0.3 is 0 Å². The molecule has 130 valence electrons. The monoisotopic (exact) mass is 326 g/mol. The van der Waals surface area contributed by atoms with Crippen LogP contribution in [-0.2, 0) is 0 Å². The van der Waals surface area contributed by atoms with Crippen molar-refractivity contribution in [3.05, 3.63) is 60.7 Å². The van der Waals surface area contributed by atoms with Crippen LogP contribution in [0.5, 0.6) is 11.5 Å². The van der Waals surface area contributed by atoms with Gasteiger partial charge in [-0.25, -0.2) is 0 Å². The van der Waals surface area contributed by atoms with Crippen molar-refractivity contribution in [2.75, 3.05) is 6.61 Å². The number of hydrogen-bond acceptors (Lipinski definition) is 2. The molecule has 2 aromatic carbocycles. The van der Waals surface area contributed by atoms with Crippen molar-refractivity contribution in [1.82, 2.24) is 0 Å². The second kappa shape index (κ2) is 11.6. The van der Waals surface area contributed by atoms with Crippen LogP contribution < -0.4 is 9.47 Å². The van der Waals surface area contributed by atoms with E-state index in [9.17, 15) is 0 Å². The Labute approximate surface area is 146 Å². The van der Waals surface area contributed by atoms with Gasteiger partial charge in [-0.15, -0.1) is 0 Å². The van der Waals surface area contributed by atoms with E-state index in [4.69, 9.17) is 9.47 Å². The molecular weight excluding hydrogens is 296 g/mol. The van der Waals surface area contributed by atoms with Crippen LogP contribution in [0.15, 0.2) is 60.7 Å². The van der Waals surface area contributed by atoms with Gasteiger partial charge in [-0.05, 0) is 56.4 Å². The predicted octanol–water partition coefficient (Wildman–Crippen LogP) is 6.26. The molecule has 0 spiro atoms. The zero-order chi connectivity index (χ0) is 16.9. The van der Waals surface area contributed by atoms with Crippen molar-refractivity contribution < 1.29 is 9.47 Å². The highest BCUT2D eigenvalue weighted by Gasteiger charge is 2.10. The molecule has 0 bridgehead atoms. The lowest BCUT2D eigenvalue weighted by Gasteiger charge is -2.19. The Kier molecular flexibility index (Phi) is 8.85. The van der Waals surface area contributed by atoms with E-state index in [1.54, 1.807) is 0 Å². The third-order valence-electron chi connectivity index (χ3n) is 4.11. The normalized spacial score (nSPS) is 11.9. The predicted molar refractivity (Wildman–Crippen MR) is 101 cm³/mol. The molecule has 0 saturated carbocycles. The van der Waals surface area contributed by atoms with Crippen molar-refractivity contribution in [3.8, 4) is 11.5 Å². The largest absolute Gasteiger partial charge is 0.494 e. The van der Waals surface area contributed by atoms with Gasteiger partial charge in [-0.1, -0.05) is 56.2 Å². The molecule has 1 unspecified atom stereocenters. The Bertz CT molecular complexity index is 524. The van der Waals surface area contributed by atoms with Crippen LogP contribution in [0, 0.1) is 0 Å². The molecule has 0 amide bonds. The van der Waals surface area contributed by atoms with Gasteiger partial charge in [-0.3, -0.25) is 0 Å². The molecule has 0 aliphatic heterocycles. The minimum absolute atomic E-state index is 0.336. The van der Waals surface area contributed by atoms with Gasteiger partial charge in [0, 0.05) is 0 Å². The SMILES string of the molecule is CCCCC(CCCCCOc1ccccc1)Oc1ccccc1. The van der Waals surface area contributed by atoms with Crippen molar-refractivity contribution in [2.45, 2.75) is 58.0 Å². The lowest BCUT2D eigenvalue weighted by Crippen LogP contribution is -2.16. The average molecular weight is 326 g/mol. The summed E-state index contributed by atoms with van der Waals surface area (Å²) in [6.07, 6.45) is 8.54. The van der Waals surface area contributed by atoms with E-state index in [0.717, 1.165) is 37.4 Å². The standard InChI is InChI=1S/C22H30O2/c1-2-3-13-21(24-22-16-9-5-10-17-22)18-11-6-12-19-23-20-14-7-4-8-15-20/h4-5,7-10,14-17,21H,2-3,6,11-13,18-19H2,1H3. The topological polar surface area (TPSA) is 18.5 Å². The van der Waals surface area contributed by atoms with Crippen LogP contribution in [0.4, 0.5) is 0 Å². The summed E-state index contributed by atoms with van der Waals surface area (Å²) >= 11 is 0. The molecule has 0 aliphatic rings. The summed E-state index contributed by atoms with van der Waals surface area (Å²) < 4.78 is 11.9. The number of benzene rings is 2. The van der Waals surface area contributed by atoms with E-state index >= 15 is 0 Å².